The molecule has 218 valence electrons. The highest BCUT2D eigenvalue weighted by molar-refractivity contribution is 5.85. The lowest BCUT2D eigenvalue weighted by molar-refractivity contribution is 0.631. The molecule has 0 bridgehead atoms. The molecule has 1 aromatic heterocycles. The molecule has 0 atom stereocenters. The van der Waals surface area contributed by atoms with Crippen molar-refractivity contribution in [2.45, 2.75) is 0 Å². The Morgan fingerprint density at radius 2 is 0.826 bits per heavy atom. The molecule has 8 rings (SSSR count). The van der Waals surface area contributed by atoms with Gasteiger partial charge in [-0.3, -0.25) is 0 Å². The fourth-order valence-electron chi connectivity index (χ4n) is 6.04. The van der Waals surface area contributed by atoms with E-state index in [1.807, 2.05) is 48.5 Å². The van der Waals surface area contributed by atoms with Crippen LogP contribution in [0.15, 0.2) is 192 Å². The van der Waals surface area contributed by atoms with Crippen molar-refractivity contribution in [3.8, 4) is 44.7 Å². The van der Waals surface area contributed by atoms with Crippen molar-refractivity contribution in [1.82, 2.24) is 0 Å². The Bertz CT molecular complexity index is 2240. The average molecular weight is 591 g/mol. The van der Waals surface area contributed by atoms with Crippen LogP contribution in [0.2, 0.25) is 0 Å². The van der Waals surface area contributed by atoms with Crippen LogP contribution in [-0.4, -0.2) is 0 Å². The van der Waals surface area contributed by atoms with E-state index in [2.05, 4.69) is 138 Å². The molecule has 0 aliphatic rings. The van der Waals surface area contributed by atoms with Crippen LogP contribution in [0.3, 0.4) is 0 Å². The third-order valence-corrected chi connectivity index (χ3v) is 8.44. The maximum absolute atomic E-state index is 7.83. The summed E-state index contributed by atoms with van der Waals surface area (Å²) in [6, 6.07) is 63.5. The van der Waals surface area contributed by atoms with Crippen LogP contribution >= 0.6 is 0 Å². The standard InChI is InChI=1S/C44H31NO/c1-3-10-32(11-4-1)34-18-24-40(25-19-34)45(41-26-20-35(21-27-41)33-12-5-2-6-13-33)42-28-22-36(23-29-42)37-15-9-16-38(30-37)44-31-39-14-7-8-17-43(39)46-44/h1-31H/i1D. The monoisotopic (exact) mass is 590 g/mol. The molecule has 0 aliphatic heterocycles. The van der Waals surface area contributed by atoms with Crippen molar-refractivity contribution in [3.05, 3.63) is 188 Å². The van der Waals surface area contributed by atoms with Crippen molar-refractivity contribution in [2.24, 2.45) is 0 Å². The molecule has 0 unspecified atom stereocenters. The first-order valence-electron chi connectivity index (χ1n) is 16.0. The van der Waals surface area contributed by atoms with Crippen LogP contribution < -0.4 is 4.90 Å². The van der Waals surface area contributed by atoms with Gasteiger partial charge in [-0.05, 0) is 88.0 Å². The number of benzene rings is 7. The number of hydrogen-bond acceptors (Lipinski definition) is 2. The van der Waals surface area contributed by atoms with Gasteiger partial charge in [-0.15, -0.1) is 0 Å². The van der Waals surface area contributed by atoms with Gasteiger partial charge in [-0.25, -0.2) is 0 Å². The second-order valence-corrected chi connectivity index (χ2v) is 11.4. The zero-order valence-electron chi connectivity index (χ0n) is 26.2. The van der Waals surface area contributed by atoms with Crippen LogP contribution in [0.4, 0.5) is 17.1 Å². The van der Waals surface area contributed by atoms with Crippen molar-refractivity contribution in [2.75, 3.05) is 4.90 Å². The molecule has 0 spiro atoms. The van der Waals surface area contributed by atoms with Crippen LogP contribution in [0.5, 0.6) is 0 Å². The molecule has 0 aliphatic carbocycles. The summed E-state index contributed by atoms with van der Waals surface area (Å²) in [4.78, 5) is 2.29. The van der Waals surface area contributed by atoms with Gasteiger partial charge in [-0.2, -0.15) is 0 Å². The largest absolute Gasteiger partial charge is 0.456 e. The second kappa shape index (κ2) is 12.1. The zero-order chi connectivity index (χ0) is 31.6. The summed E-state index contributed by atoms with van der Waals surface area (Å²) in [5.74, 6) is 0.869. The molecule has 8 aromatic rings. The second-order valence-electron chi connectivity index (χ2n) is 11.4. The van der Waals surface area contributed by atoms with Gasteiger partial charge in [0, 0.05) is 28.0 Å². The number of para-hydroxylation sites is 1. The minimum atomic E-state index is 0.514. The van der Waals surface area contributed by atoms with E-state index in [4.69, 9.17) is 5.79 Å². The Balaban J connectivity index is 1.14. The predicted octanol–water partition coefficient (Wildman–Crippen LogP) is 12.6. The minimum absolute atomic E-state index is 0.514. The van der Waals surface area contributed by atoms with Gasteiger partial charge < -0.3 is 9.32 Å². The van der Waals surface area contributed by atoms with Gasteiger partial charge in [0.05, 0.1) is 1.37 Å². The van der Waals surface area contributed by atoms with E-state index in [-0.39, 0.29) is 0 Å². The molecular weight excluding hydrogens is 558 g/mol. The van der Waals surface area contributed by atoms with E-state index < -0.39 is 0 Å². The zero-order valence-corrected chi connectivity index (χ0v) is 25.2. The highest BCUT2D eigenvalue weighted by Crippen LogP contribution is 2.38. The summed E-state index contributed by atoms with van der Waals surface area (Å²) in [5, 5.41) is 1.10. The number of rotatable bonds is 7. The number of anilines is 3. The first-order chi connectivity index (χ1) is 23.2. The SMILES string of the molecule is [2H]c1ccc(-c2ccc(N(c3ccc(-c4ccccc4)cc3)c3ccc(-c4cccc(-c5cc6ccccc6o5)c4)cc3)cc2)cc1. The third kappa shape index (κ3) is 5.49. The minimum Gasteiger partial charge on any atom is -0.456 e. The molecule has 0 fully saturated rings. The number of fused-ring (bicyclic) bond motifs is 1. The fraction of sp³-hybridized carbons (Fsp3) is 0. The van der Waals surface area contributed by atoms with Crippen molar-refractivity contribution >= 4 is 28.0 Å². The molecule has 1 heterocycles. The lowest BCUT2D eigenvalue weighted by Crippen LogP contribution is -2.09. The van der Waals surface area contributed by atoms with Crippen molar-refractivity contribution < 1.29 is 5.79 Å². The topological polar surface area (TPSA) is 16.4 Å². The first-order valence-corrected chi connectivity index (χ1v) is 15.5. The molecule has 2 nitrogen and oxygen atoms in total. The van der Waals surface area contributed by atoms with E-state index >= 15 is 0 Å². The molecule has 7 aromatic carbocycles. The molecule has 0 saturated heterocycles. The van der Waals surface area contributed by atoms with Crippen LogP contribution in [0.1, 0.15) is 1.37 Å². The van der Waals surface area contributed by atoms with Gasteiger partial charge >= 0.3 is 0 Å². The Morgan fingerprint density at radius 1 is 0.370 bits per heavy atom. The summed E-state index contributed by atoms with van der Waals surface area (Å²) < 4.78 is 14.0. The summed E-state index contributed by atoms with van der Waals surface area (Å²) in [6.45, 7) is 0. The molecule has 46 heavy (non-hydrogen) atoms. The summed E-state index contributed by atoms with van der Waals surface area (Å²) >= 11 is 0. The summed E-state index contributed by atoms with van der Waals surface area (Å²) in [5.41, 5.74) is 12.0. The molecule has 0 N–H and O–H groups in total. The van der Waals surface area contributed by atoms with Gasteiger partial charge in [-0.1, -0.05) is 133 Å². The fourth-order valence-corrected chi connectivity index (χ4v) is 6.04. The van der Waals surface area contributed by atoms with E-state index in [0.717, 1.165) is 61.6 Å². The van der Waals surface area contributed by atoms with Gasteiger partial charge in [0.2, 0.25) is 0 Å². The highest BCUT2D eigenvalue weighted by atomic mass is 16.3. The Labute approximate surface area is 270 Å². The molecule has 2 heteroatoms. The van der Waals surface area contributed by atoms with Gasteiger partial charge in [0.25, 0.3) is 0 Å². The van der Waals surface area contributed by atoms with Crippen LogP contribution in [-0.2, 0) is 0 Å². The average Bonchev–Trinajstić information content (AvgIpc) is 3.58. The summed E-state index contributed by atoms with van der Waals surface area (Å²) in [6.07, 6.45) is 0. The van der Waals surface area contributed by atoms with E-state index in [1.165, 1.54) is 11.1 Å². The normalized spacial score (nSPS) is 11.3. The first kappa shape index (κ1) is 26.3. The Hall–Kier alpha value is -6.12. The van der Waals surface area contributed by atoms with E-state index in [0.29, 0.717) is 6.04 Å². The summed E-state index contributed by atoms with van der Waals surface area (Å²) in [7, 11) is 0. The predicted molar refractivity (Wildman–Crippen MR) is 193 cm³/mol. The quantitative estimate of drug-likeness (QED) is 0.184. The van der Waals surface area contributed by atoms with Crippen molar-refractivity contribution in [1.29, 1.82) is 0 Å². The number of nitrogens with zero attached hydrogens (tertiary/aromatic N) is 1. The highest BCUT2D eigenvalue weighted by Gasteiger charge is 2.14. The third-order valence-electron chi connectivity index (χ3n) is 8.44. The molecule has 0 saturated carbocycles. The lowest BCUT2D eigenvalue weighted by atomic mass is 10.0. The van der Waals surface area contributed by atoms with Gasteiger partial charge in [0.1, 0.15) is 11.3 Å². The van der Waals surface area contributed by atoms with Crippen LogP contribution in [0.25, 0.3) is 55.7 Å². The number of furan rings is 1. The van der Waals surface area contributed by atoms with E-state index in [9.17, 15) is 0 Å². The smallest absolute Gasteiger partial charge is 0.135 e. The van der Waals surface area contributed by atoms with Gasteiger partial charge in [0.15, 0.2) is 0 Å². The van der Waals surface area contributed by atoms with E-state index in [1.54, 1.807) is 0 Å². The Kier molecular flexibility index (Phi) is 6.92. The Morgan fingerprint density at radius 3 is 1.41 bits per heavy atom. The van der Waals surface area contributed by atoms with Crippen LogP contribution in [0, 0.1) is 0 Å². The molecular formula is C44H31NO. The maximum Gasteiger partial charge on any atom is 0.135 e. The van der Waals surface area contributed by atoms with Crippen molar-refractivity contribution in [3.63, 3.8) is 0 Å². The number of hydrogen-bond donors (Lipinski definition) is 0. The lowest BCUT2D eigenvalue weighted by Gasteiger charge is -2.26. The maximum atomic E-state index is 7.83. The molecule has 0 radical (unpaired) electrons. The molecule has 0 amide bonds.